The molecule has 1 saturated heterocycles. The van der Waals surface area contributed by atoms with Crippen LogP contribution in [0.25, 0.3) is 0 Å². The Balaban J connectivity index is 1.32. The first-order valence-electron chi connectivity index (χ1n) is 10.7. The fourth-order valence-electron chi connectivity index (χ4n) is 4.83. The van der Waals surface area contributed by atoms with Crippen LogP contribution in [0.4, 0.5) is 10.5 Å². The molecule has 1 aromatic rings. The molecule has 0 aromatic heterocycles. The lowest BCUT2D eigenvalue weighted by Crippen LogP contribution is -2.53. The normalized spacial score (nSPS) is 20.9. The van der Waals surface area contributed by atoms with Gasteiger partial charge in [-0.2, -0.15) is 0 Å². The molecule has 1 saturated carbocycles. The molecule has 3 aliphatic rings. The van der Waals surface area contributed by atoms with Gasteiger partial charge in [0.25, 0.3) is 0 Å². The van der Waals surface area contributed by atoms with E-state index in [1.807, 2.05) is 21.9 Å². The summed E-state index contributed by atoms with van der Waals surface area (Å²) in [6.07, 6.45) is 10.3. The molecule has 5 nitrogen and oxygen atoms in total. The summed E-state index contributed by atoms with van der Waals surface area (Å²) in [7, 11) is 0. The van der Waals surface area contributed by atoms with Crippen molar-refractivity contribution < 1.29 is 9.59 Å². The number of amides is 3. The largest absolute Gasteiger partial charge is 0.339 e. The van der Waals surface area contributed by atoms with Gasteiger partial charge in [-0.05, 0) is 55.7 Å². The van der Waals surface area contributed by atoms with Gasteiger partial charge in [0.15, 0.2) is 0 Å². The first-order valence-corrected chi connectivity index (χ1v) is 10.7. The first-order chi connectivity index (χ1) is 13.2. The van der Waals surface area contributed by atoms with Gasteiger partial charge in [0, 0.05) is 37.8 Å². The summed E-state index contributed by atoms with van der Waals surface area (Å²) in [6.45, 7) is 2.57. The van der Waals surface area contributed by atoms with Crippen LogP contribution in [0.2, 0.25) is 0 Å². The maximum absolute atomic E-state index is 12.7. The number of hydrogen-bond donors (Lipinski definition) is 1. The highest BCUT2D eigenvalue weighted by atomic mass is 16.2. The van der Waals surface area contributed by atoms with Gasteiger partial charge in [0.05, 0.1) is 0 Å². The molecule has 0 radical (unpaired) electrons. The van der Waals surface area contributed by atoms with Crippen molar-refractivity contribution in [2.75, 3.05) is 31.5 Å². The van der Waals surface area contributed by atoms with Crippen LogP contribution in [-0.4, -0.2) is 47.9 Å². The molecule has 0 bridgehead atoms. The Labute approximate surface area is 162 Å². The van der Waals surface area contributed by atoms with E-state index in [2.05, 4.69) is 11.4 Å². The van der Waals surface area contributed by atoms with E-state index in [0.717, 1.165) is 31.4 Å². The van der Waals surface area contributed by atoms with Crippen LogP contribution in [0.15, 0.2) is 18.2 Å². The van der Waals surface area contributed by atoms with Crippen LogP contribution in [0.5, 0.6) is 0 Å². The van der Waals surface area contributed by atoms with E-state index in [1.165, 1.54) is 43.2 Å². The van der Waals surface area contributed by atoms with E-state index in [-0.39, 0.29) is 11.9 Å². The minimum atomic E-state index is -0.0289. The van der Waals surface area contributed by atoms with Gasteiger partial charge in [-0.15, -0.1) is 0 Å². The van der Waals surface area contributed by atoms with Gasteiger partial charge < -0.3 is 15.1 Å². The van der Waals surface area contributed by atoms with Crippen LogP contribution in [0.1, 0.15) is 56.1 Å². The molecule has 5 heteroatoms. The van der Waals surface area contributed by atoms with Crippen molar-refractivity contribution in [3.63, 3.8) is 0 Å². The molecule has 2 aliphatic carbocycles. The average molecular weight is 370 g/mol. The Morgan fingerprint density at radius 1 is 0.852 bits per heavy atom. The van der Waals surface area contributed by atoms with Crippen molar-refractivity contribution in [2.24, 2.45) is 5.92 Å². The smallest absolute Gasteiger partial charge is 0.321 e. The summed E-state index contributed by atoms with van der Waals surface area (Å²) in [5.74, 6) is 0.529. The minimum Gasteiger partial charge on any atom is -0.339 e. The Kier molecular flexibility index (Phi) is 5.65. The number of nitrogens with one attached hydrogen (secondary N) is 1. The molecule has 0 unspecified atom stereocenters. The van der Waals surface area contributed by atoms with Crippen LogP contribution in [-0.2, 0) is 17.6 Å². The molecule has 1 aliphatic heterocycles. The third kappa shape index (κ3) is 4.12. The third-order valence-electron chi connectivity index (χ3n) is 6.47. The summed E-state index contributed by atoms with van der Waals surface area (Å²) >= 11 is 0. The number of piperazine rings is 1. The van der Waals surface area contributed by atoms with E-state index < -0.39 is 0 Å². The summed E-state index contributed by atoms with van der Waals surface area (Å²) in [5, 5.41) is 3.13. The van der Waals surface area contributed by atoms with Gasteiger partial charge in [-0.1, -0.05) is 31.4 Å². The van der Waals surface area contributed by atoms with Crippen LogP contribution in [0.3, 0.4) is 0 Å². The number of carbonyl (C=O) groups excluding carboxylic acids is 2. The number of aryl methyl sites for hydroxylation is 1. The number of hydrogen-bond acceptors (Lipinski definition) is 2. The molecule has 1 heterocycles. The third-order valence-corrected chi connectivity index (χ3v) is 6.47. The summed E-state index contributed by atoms with van der Waals surface area (Å²) in [6, 6.07) is 6.21. The predicted molar refractivity (Wildman–Crippen MR) is 107 cm³/mol. The van der Waals surface area contributed by atoms with Crippen molar-refractivity contribution in [2.45, 2.75) is 57.8 Å². The number of anilines is 1. The molecule has 1 N–H and O–H groups in total. The first kappa shape index (κ1) is 18.3. The van der Waals surface area contributed by atoms with Gasteiger partial charge >= 0.3 is 6.03 Å². The lowest BCUT2D eigenvalue weighted by atomic mass is 9.88. The van der Waals surface area contributed by atoms with Crippen molar-refractivity contribution in [3.8, 4) is 0 Å². The number of rotatable bonds is 2. The minimum absolute atomic E-state index is 0.0289. The van der Waals surface area contributed by atoms with Gasteiger partial charge in [-0.25, -0.2) is 4.79 Å². The molecule has 2 fully saturated rings. The lowest BCUT2D eigenvalue weighted by molar-refractivity contribution is -0.138. The highest BCUT2D eigenvalue weighted by Gasteiger charge is 2.30. The molecule has 146 valence electrons. The Morgan fingerprint density at radius 3 is 2.33 bits per heavy atom. The molecule has 4 rings (SSSR count). The Hall–Kier alpha value is -2.04. The average Bonchev–Trinajstić information content (AvgIpc) is 2.74. The number of urea groups is 1. The van der Waals surface area contributed by atoms with E-state index >= 15 is 0 Å². The zero-order valence-electron chi connectivity index (χ0n) is 16.2. The molecule has 3 amide bonds. The standard InChI is InChI=1S/C22H31N3O2/c26-21(18-8-2-1-3-9-18)24-13-15-25(16-14-24)22(27)23-20-12-6-10-17-7-4-5-11-19(17)20/h6,10,12,18H,1-5,7-9,11,13-16H2,(H,23,27). The zero-order valence-corrected chi connectivity index (χ0v) is 16.2. The van der Waals surface area contributed by atoms with Gasteiger partial charge in [0.1, 0.15) is 0 Å². The van der Waals surface area contributed by atoms with E-state index in [0.29, 0.717) is 32.1 Å². The Bertz CT molecular complexity index is 689. The second kappa shape index (κ2) is 8.32. The maximum atomic E-state index is 12.7. The molecule has 27 heavy (non-hydrogen) atoms. The lowest BCUT2D eigenvalue weighted by Gasteiger charge is -2.37. The second-order valence-corrected chi connectivity index (χ2v) is 8.23. The highest BCUT2D eigenvalue weighted by molar-refractivity contribution is 5.90. The van der Waals surface area contributed by atoms with E-state index in [9.17, 15) is 9.59 Å². The second-order valence-electron chi connectivity index (χ2n) is 8.23. The van der Waals surface area contributed by atoms with Crippen LogP contribution >= 0.6 is 0 Å². The van der Waals surface area contributed by atoms with Crippen LogP contribution in [0, 0.1) is 5.92 Å². The molecular weight excluding hydrogens is 338 g/mol. The molecule has 0 spiro atoms. The summed E-state index contributed by atoms with van der Waals surface area (Å²) in [5.41, 5.74) is 3.66. The highest BCUT2D eigenvalue weighted by Crippen LogP contribution is 2.28. The van der Waals surface area contributed by atoms with Gasteiger partial charge in [0.2, 0.25) is 5.91 Å². The summed E-state index contributed by atoms with van der Waals surface area (Å²) < 4.78 is 0. The topological polar surface area (TPSA) is 52.7 Å². The monoisotopic (exact) mass is 369 g/mol. The van der Waals surface area contributed by atoms with Crippen molar-refractivity contribution in [3.05, 3.63) is 29.3 Å². The maximum Gasteiger partial charge on any atom is 0.321 e. The zero-order chi connectivity index (χ0) is 18.6. The van der Waals surface area contributed by atoms with Gasteiger partial charge in [-0.3, -0.25) is 4.79 Å². The quantitative estimate of drug-likeness (QED) is 0.861. The number of fused-ring (bicyclic) bond motifs is 1. The fourth-order valence-corrected chi connectivity index (χ4v) is 4.83. The van der Waals surface area contributed by atoms with Crippen molar-refractivity contribution in [1.82, 2.24) is 9.80 Å². The predicted octanol–water partition coefficient (Wildman–Crippen LogP) is 3.82. The molecule has 0 atom stereocenters. The van der Waals surface area contributed by atoms with Crippen molar-refractivity contribution >= 4 is 17.6 Å². The number of carbonyl (C=O) groups is 2. The fraction of sp³-hybridized carbons (Fsp3) is 0.636. The van der Waals surface area contributed by atoms with Crippen molar-refractivity contribution in [1.29, 1.82) is 0 Å². The van der Waals surface area contributed by atoms with Crippen LogP contribution < -0.4 is 5.32 Å². The number of nitrogens with zero attached hydrogens (tertiary/aromatic N) is 2. The Morgan fingerprint density at radius 2 is 1.56 bits per heavy atom. The van der Waals surface area contributed by atoms with E-state index in [4.69, 9.17) is 0 Å². The number of benzene rings is 1. The molecular formula is C22H31N3O2. The SMILES string of the molecule is O=C(Nc1cccc2c1CCCC2)N1CCN(C(=O)C2CCCCC2)CC1. The molecule has 1 aromatic carbocycles. The summed E-state index contributed by atoms with van der Waals surface area (Å²) in [4.78, 5) is 29.3. The van der Waals surface area contributed by atoms with E-state index in [1.54, 1.807) is 0 Å².